The van der Waals surface area contributed by atoms with E-state index in [9.17, 15) is 0 Å². The Kier molecular flexibility index (Phi) is 6.29. The van der Waals surface area contributed by atoms with Gasteiger partial charge in [0, 0.05) is 5.56 Å². The molecule has 0 atom stereocenters. The van der Waals surface area contributed by atoms with E-state index in [4.69, 9.17) is 4.74 Å². The van der Waals surface area contributed by atoms with Gasteiger partial charge in [-0.25, -0.2) is 0 Å². The molecule has 0 saturated heterocycles. The van der Waals surface area contributed by atoms with Crippen molar-refractivity contribution in [1.82, 2.24) is 4.90 Å². The molecule has 0 heterocycles. The first-order valence-corrected chi connectivity index (χ1v) is 7.69. The average Bonchev–Trinajstić information content (AvgIpc) is 2.52. The number of benzene rings is 2. The van der Waals surface area contributed by atoms with Crippen molar-refractivity contribution in [3.63, 3.8) is 0 Å². The number of rotatable bonds is 8. The monoisotopic (exact) mass is 283 g/mol. The van der Waals surface area contributed by atoms with Gasteiger partial charge in [0.1, 0.15) is 5.75 Å². The van der Waals surface area contributed by atoms with E-state index < -0.39 is 0 Å². The number of unbranched alkanes of at least 4 members (excludes halogenated alkanes) is 2. The van der Waals surface area contributed by atoms with E-state index in [1.807, 2.05) is 12.1 Å². The molecule has 2 aromatic rings. The molecule has 0 aromatic heterocycles. The number of para-hydroxylation sites is 1. The highest BCUT2D eigenvalue weighted by Gasteiger charge is 2.04. The minimum Gasteiger partial charge on any atom is -0.493 e. The lowest BCUT2D eigenvalue weighted by molar-refractivity contribution is 0.300. The molecule has 2 aromatic carbocycles. The Morgan fingerprint density at radius 2 is 1.52 bits per heavy atom. The van der Waals surface area contributed by atoms with E-state index in [1.54, 1.807) is 0 Å². The van der Waals surface area contributed by atoms with Crippen LogP contribution in [0.4, 0.5) is 0 Å². The smallest absolute Gasteiger partial charge is 0.127 e. The molecule has 0 bridgehead atoms. The zero-order valence-electron chi connectivity index (χ0n) is 13.1. The van der Waals surface area contributed by atoms with E-state index in [2.05, 4.69) is 61.5 Å². The van der Waals surface area contributed by atoms with Gasteiger partial charge in [0.05, 0.1) is 6.61 Å². The van der Waals surface area contributed by atoms with Gasteiger partial charge >= 0.3 is 0 Å². The van der Waals surface area contributed by atoms with Gasteiger partial charge in [0.2, 0.25) is 0 Å². The van der Waals surface area contributed by atoms with Crippen LogP contribution in [0.1, 0.15) is 19.3 Å². The Hall–Kier alpha value is -1.80. The lowest BCUT2D eigenvalue weighted by Gasteiger charge is -2.12. The Morgan fingerprint density at radius 1 is 0.810 bits per heavy atom. The van der Waals surface area contributed by atoms with Crippen LogP contribution in [0, 0.1) is 0 Å². The molecular formula is C19H25NO. The van der Waals surface area contributed by atoms with Crippen molar-refractivity contribution in [1.29, 1.82) is 0 Å². The highest BCUT2D eigenvalue weighted by molar-refractivity contribution is 5.70. The third-order valence-corrected chi connectivity index (χ3v) is 3.48. The largest absolute Gasteiger partial charge is 0.493 e. The first-order valence-electron chi connectivity index (χ1n) is 7.69. The molecular weight excluding hydrogens is 258 g/mol. The number of ether oxygens (including phenoxy) is 1. The van der Waals surface area contributed by atoms with Crippen LogP contribution in [0.3, 0.4) is 0 Å². The summed E-state index contributed by atoms with van der Waals surface area (Å²) in [7, 11) is 4.24. The van der Waals surface area contributed by atoms with Crippen LogP contribution < -0.4 is 4.74 Å². The molecule has 0 N–H and O–H groups in total. The molecule has 2 rings (SSSR count). The molecule has 0 saturated carbocycles. The summed E-state index contributed by atoms with van der Waals surface area (Å²) in [4.78, 5) is 2.23. The lowest BCUT2D eigenvalue weighted by Crippen LogP contribution is -2.13. The minimum atomic E-state index is 0.789. The second-order valence-electron chi connectivity index (χ2n) is 5.57. The molecule has 0 aliphatic rings. The summed E-state index contributed by atoms with van der Waals surface area (Å²) in [6, 6.07) is 18.7. The summed E-state index contributed by atoms with van der Waals surface area (Å²) in [6.45, 7) is 1.94. The topological polar surface area (TPSA) is 12.5 Å². The van der Waals surface area contributed by atoms with Gasteiger partial charge in [-0.05, 0) is 51.5 Å². The van der Waals surface area contributed by atoms with Crippen molar-refractivity contribution in [3.05, 3.63) is 54.6 Å². The van der Waals surface area contributed by atoms with Crippen molar-refractivity contribution in [2.75, 3.05) is 27.2 Å². The summed E-state index contributed by atoms with van der Waals surface area (Å²) in [5.74, 6) is 0.983. The van der Waals surface area contributed by atoms with Crippen molar-refractivity contribution in [2.24, 2.45) is 0 Å². The first-order chi connectivity index (χ1) is 10.3. The van der Waals surface area contributed by atoms with Crippen LogP contribution in [0.5, 0.6) is 5.75 Å². The summed E-state index contributed by atoms with van der Waals surface area (Å²) in [6.07, 6.45) is 3.55. The fourth-order valence-electron chi connectivity index (χ4n) is 2.34. The maximum atomic E-state index is 5.98. The molecule has 2 heteroatoms. The molecule has 112 valence electrons. The average molecular weight is 283 g/mol. The molecule has 0 radical (unpaired) electrons. The van der Waals surface area contributed by atoms with E-state index >= 15 is 0 Å². The van der Waals surface area contributed by atoms with Crippen molar-refractivity contribution >= 4 is 0 Å². The van der Waals surface area contributed by atoms with Gasteiger partial charge in [0.25, 0.3) is 0 Å². The van der Waals surface area contributed by atoms with Gasteiger partial charge in [-0.2, -0.15) is 0 Å². The zero-order chi connectivity index (χ0) is 14.9. The quantitative estimate of drug-likeness (QED) is 0.663. The predicted octanol–water partition coefficient (Wildman–Crippen LogP) is 4.46. The summed E-state index contributed by atoms with van der Waals surface area (Å²) >= 11 is 0. The van der Waals surface area contributed by atoms with Crippen LogP contribution in [0.2, 0.25) is 0 Å². The SMILES string of the molecule is CN(C)CCCCCOc1ccccc1-c1ccccc1. The Labute approximate surface area is 128 Å². The van der Waals surface area contributed by atoms with E-state index in [0.717, 1.165) is 25.3 Å². The van der Waals surface area contributed by atoms with E-state index in [-0.39, 0.29) is 0 Å². The molecule has 2 nitrogen and oxygen atoms in total. The maximum absolute atomic E-state index is 5.98. The minimum absolute atomic E-state index is 0.789. The summed E-state index contributed by atoms with van der Waals surface area (Å²) in [5, 5.41) is 0. The van der Waals surface area contributed by atoms with E-state index in [1.165, 1.54) is 24.0 Å². The van der Waals surface area contributed by atoms with Crippen molar-refractivity contribution < 1.29 is 4.74 Å². The predicted molar refractivity (Wildman–Crippen MR) is 89.8 cm³/mol. The van der Waals surface area contributed by atoms with Crippen LogP contribution in [0.25, 0.3) is 11.1 Å². The van der Waals surface area contributed by atoms with Crippen molar-refractivity contribution in [3.8, 4) is 16.9 Å². The summed E-state index contributed by atoms with van der Waals surface area (Å²) in [5.41, 5.74) is 2.38. The maximum Gasteiger partial charge on any atom is 0.127 e. The number of hydrogen-bond donors (Lipinski definition) is 0. The Balaban J connectivity index is 1.87. The third kappa shape index (κ3) is 5.24. The highest BCUT2D eigenvalue weighted by atomic mass is 16.5. The van der Waals surface area contributed by atoms with Gasteiger partial charge in [-0.3, -0.25) is 0 Å². The van der Waals surface area contributed by atoms with Crippen molar-refractivity contribution in [2.45, 2.75) is 19.3 Å². The van der Waals surface area contributed by atoms with E-state index in [0.29, 0.717) is 0 Å². The standard InChI is InChI=1S/C19H25NO/c1-20(2)15-9-4-10-16-21-19-14-8-7-13-18(19)17-11-5-3-6-12-17/h3,5-8,11-14H,4,9-10,15-16H2,1-2H3. The number of hydrogen-bond acceptors (Lipinski definition) is 2. The van der Waals surface area contributed by atoms with Gasteiger partial charge in [-0.15, -0.1) is 0 Å². The Morgan fingerprint density at radius 3 is 2.29 bits per heavy atom. The zero-order valence-corrected chi connectivity index (χ0v) is 13.1. The fourth-order valence-corrected chi connectivity index (χ4v) is 2.34. The van der Waals surface area contributed by atoms with Gasteiger partial charge in [0.15, 0.2) is 0 Å². The van der Waals surface area contributed by atoms with Crippen LogP contribution in [-0.2, 0) is 0 Å². The fraction of sp³-hybridized carbons (Fsp3) is 0.368. The first kappa shape index (κ1) is 15.6. The van der Waals surface area contributed by atoms with Crippen LogP contribution in [0.15, 0.2) is 54.6 Å². The van der Waals surface area contributed by atoms with Crippen LogP contribution in [-0.4, -0.2) is 32.1 Å². The van der Waals surface area contributed by atoms with Gasteiger partial charge in [-0.1, -0.05) is 48.5 Å². The third-order valence-electron chi connectivity index (χ3n) is 3.48. The lowest BCUT2D eigenvalue weighted by atomic mass is 10.1. The molecule has 21 heavy (non-hydrogen) atoms. The second kappa shape index (κ2) is 8.48. The molecule has 0 aliphatic heterocycles. The Bertz CT molecular complexity index is 522. The normalized spacial score (nSPS) is 10.8. The van der Waals surface area contributed by atoms with Crippen LogP contribution >= 0.6 is 0 Å². The molecule has 0 spiro atoms. The highest BCUT2D eigenvalue weighted by Crippen LogP contribution is 2.29. The molecule has 0 unspecified atom stereocenters. The summed E-state index contributed by atoms with van der Waals surface area (Å²) < 4.78 is 5.98. The number of nitrogens with zero attached hydrogens (tertiary/aromatic N) is 1. The molecule has 0 fully saturated rings. The molecule has 0 aliphatic carbocycles. The van der Waals surface area contributed by atoms with Gasteiger partial charge < -0.3 is 9.64 Å². The molecule has 0 amide bonds. The second-order valence-corrected chi connectivity index (χ2v) is 5.57.